The Labute approximate surface area is 117 Å². The van der Waals surface area contributed by atoms with Gasteiger partial charge in [0.1, 0.15) is 6.29 Å². The molecule has 20 heavy (non-hydrogen) atoms. The Balaban J connectivity index is 2.89. The lowest BCUT2D eigenvalue weighted by Gasteiger charge is -2.17. The van der Waals surface area contributed by atoms with Gasteiger partial charge in [0.2, 0.25) is 0 Å². The summed E-state index contributed by atoms with van der Waals surface area (Å²) in [5.41, 5.74) is 0.439. The fraction of sp³-hybridized carbons (Fsp3) is 0.308. The maximum Gasteiger partial charge on any atom is 0.361 e. The summed E-state index contributed by atoms with van der Waals surface area (Å²) in [6.07, 6.45) is 0.831. The number of benzene rings is 1. The van der Waals surface area contributed by atoms with E-state index in [9.17, 15) is 9.36 Å². The number of hydrogen-bond acceptors (Lipinski definition) is 6. The molecule has 0 fully saturated rings. The fourth-order valence-electron chi connectivity index (χ4n) is 1.34. The number of nitrogens with zero attached hydrogens (tertiary/aromatic N) is 2. The highest BCUT2D eigenvalue weighted by molar-refractivity contribution is 7.62. The SMILES string of the molecule is N#CCCOP(=O)(OCCC#N)c1ccc(C=O)cc1. The van der Waals surface area contributed by atoms with Crippen molar-refractivity contribution in [1.82, 2.24) is 0 Å². The molecule has 1 aromatic carbocycles. The molecule has 0 radical (unpaired) electrons. The van der Waals surface area contributed by atoms with Gasteiger partial charge in [-0.25, -0.2) is 0 Å². The number of aldehydes is 1. The van der Waals surface area contributed by atoms with E-state index in [1.165, 1.54) is 24.3 Å². The van der Waals surface area contributed by atoms with Gasteiger partial charge in [-0.15, -0.1) is 0 Å². The first-order valence-electron chi connectivity index (χ1n) is 5.85. The highest BCUT2D eigenvalue weighted by Gasteiger charge is 2.27. The quantitative estimate of drug-likeness (QED) is 0.413. The number of hydrogen-bond donors (Lipinski definition) is 0. The first-order chi connectivity index (χ1) is 9.66. The topological polar surface area (TPSA) is 100 Å². The number of carbonyl (C=O) groups excluding carboxylic acids is 1. The molecule has 0 saturated carbocycles. The van der Waals surface area contributed by atoms with Gasteiger partial charge in [0.05, 0.1) is 43.5 Å². The third-order valence-corrected chi connectivity index (χ3v) is 4.27. The second-order valence-electron chi connectivity index (χ2n) is 3.69. The lowest BCUT2D eigenvalue weighted by Crippen LogP contribution is -2.12. The first kappa shape index (κ1) is 16.1. The van der Waals surface area contributed by atoms with Crippen LogP contribution in [0.3, 0.4) is 0 Å². The first-order valence-corrected chi connectivity index (χ1v) is 7.39. The van der Waals surface area contributed by atoms with Crippen LogP contribution in [0.15, 0.2) is 24.3 Å². The smallest absolute Gasteiger partial charge is 0.304 e. The molecule has 0 saturated heterocycles. The third-order valence-electron chi connectivity index (χ3n) is 2.30. The summed E-state index contributed by atoms with van der Waals surface area (Å²) < 4.78 is 23.0. The highest BCUT2D eigenvalue weighted by atomic mass is 31.2. The van der Waals surface area contributed by atoms with Crippen LogP contribution in [0.4, 0.5) is 0 Å². The molecule has 0 amide bonds. The second kappa shape index (κ2) is 8.24. The van der Waals surface area contributed by atoms with Crippen molar-refractivity contribution in [1.29, 1.82) is 10.5 Å². The largest absolute Gasteiger partial charge is 0.361 e. The van der Waals surface area contributed by atoms with Crippen molar-refractivity contribution in [2.75, 3.05) is 13.2 Å². The Morgan fingerprint density at radius 2 is 1.55 bits per heavy atom. The van der Waals surface area contributed by atoms with Gasteiger partial charge in [-0.2, -0.15) is 10.5 Å². The van der Waals surface area contributed by atoms with Crippen LogP contribution in [0.5, 0.6) is 0 Å². The van der Waals surface area contributed by atoms with Crippen molar-refractivity contribution in [2.45, 2.75) is 12.8 Å². The zero-order valence-electron chi connectivity index (χ0n) is 10.7. The second-order valence-corrected chi connectivity index (χ2v) is 5.72. The molecule has 0 aliphatic heterocycles. The van der Waals surface area contributed by atoms with Crippen LogP contribution in [-0.4, -0.2) is 19.5 Å². The molecule has 0 heterocycles. The van der Waals surface area contributed by atoms with Crippen molar-refractivity contribution >= 4 is 19.2 Å². The highest BCUT2D eigenvalue weighted by Crippen LogP contribution is 2.47. The molecule has 0 aliphatic rings. The zero-order valence-corrected chi connectivity index (χ0v) is 11.6. The predicted octanol–water partition coefficient (Wildman–Crippen LogP) is 2.18. The Hall–Kier alpha value is -1.98. The van der Waals surface area contributed by atoms with Gasteiger partial charge in [-0.05, 0) is 12.1 Å². The van der Waals surface area contributed by atoms with E-state index in [2.05, 4.69) is 0 Å². The van der Waals surface area contributed by atoms with E-state index in [1.54, 1.807) is 0 Å². The van der Waals surface area contributed by atoms with E-state index in [4.69, 9.17) is 19.6 Å². The minimum absolute atomic E-state index is 0.0320. The van der Waals surface area contributed by atoms with Gasteiger partial charge < -0.3 is 9.05 Å². The summed E-state index contributed by atoms with van der Waals surface area (Å²) in [5.74, 6) is 0. The molecule has 0 unspecified atom stereocenters. The van der Waals surface area contributed by atoms with E-state index >= 15 is 0 Å². The van der Waals surface area contributed by atoms with E-state index in [-0.39, 0.29) is 26.1 Å². The average molecular weight is 292 g/mol. The molecule has 104 valence electrons. The molecule has 0 atom stereocenters. The molecule has 0 bridgehead atoms. The molecule has 1 rings (SSSR count). The third kappa shape index (κ3) is 4.60. The molecule has 0 aliphatic carbocycles. The summed E-state index contributed by atoms with van der Waals surface area (Å²) in [6.45, 7) is -0.0640. The van der Waals surface area contributed by atoms with Crippen LogP contribution in [0.25, 0.3) is 0 Å². The van der Waals surface area contributed by atoms with Crippen LogP contribution in [0, 0.1) is 22.7 Å². The Kier molecular flexibility index (Phi) is 6.63. The normalized spacial score (nSPS) is 10.5. The van der Waals surface area contributed by atoms with Gasteiger partial charge in [0, 0.05) is 5.56 Å². The monoisotopic (exact) mass is 292 g/mol. The Morgan fingerprint density at radius 1 is 1.05 bits per heavy atom. The number of rotatable bonds is 8. The molecule has 0 N–H and O–H groups in total. The summed E-state index contributed by atoms with van der Waals surface area (Å²) in [5, 5.41) is 17.2. The molecule has 0 aromatic heterocycles. The van der Waals surface area contributed by atoms with E-state index < -0.39 is 7.60 Å². The van der Waals surface area contributed by atoms with Gasteiger partial charge in [-0.3, -0.25) is 9.36 Å². The molecule has 1 aromatic rings. The maximum absolute atomic E-state index is 12.6. The van der Waals surface area contributed by atoms with Crippen LogP contribution in [0.2, 0.25) is 0 Å². The minimum Gasteiger partial charge on any atom is -0.304 e. The van der Waals surface area contributed by atoms with E-state index in [0.717, 1.165) is 0 Å². The van der Waals surface area contributed by atoms with Gasteiger partial charge in [-0.1, -0.05) is 12.1 Å². The van der Waals surface area contributed by atoms with Crippen molar-refractivity contribution in [3.05, 3.63) is 29.8 Å². The van der Waals surface area contributed by atoms with Crippen LogP contribution in [-0.2, 0) is 13.6 Å². The van der Waals surface area contributed by atoms with E-state index in [0.29, 0.717) is 17.2 Å². The predicted molar refractivity (Wildman–Crippen MR) is 71.4 cm³/mol. The van der Waals surface area contributed by atoms with Gasteiger partial charge in [0.25, 0.3) is 0 Å². The van der Waals surface area contributed by atoms with Crippen LogP contribution >= 0.6 is 7.60 Å². The summed E-state index contributed by atoms with van der Waals surface area (Å²) in [4.78, 5) is 10.6. The number of carbonyl (C=O) groups is 1. The molecular formula is C13H13N2O4P. The summed E-state index contributed by atoms with van der Waals surface area (Å²) in [7, 11) is -3.58. The minimum atomic E-state index is -3.58. The number of nitriles is 2. The molecule has 6 nitrogen and oxygen atoms in total. The molecule has 0 spiro atoms. The lowest BCUT2D eigenvalue weighted by atomic mass is 10.2. The van der Waals surface area contributed by atoms with Crippen molar-refractivity contribution < 1.29 is 18.4 Å². The van der Waals surface area contributed by atoms with Gasteiger partial charge >= 0.3 is 7.60 Å². The van der Waals surface area contributed by atoms with Crippen molar-refractivity contribution in [3.63, 3.8) is 0 Å². The summed E-state index contributed by atoms with van der Waals surface area (Å²) in [6, 6.07) is 9.70. The standard InChI is InChI=1S/C13H13N2O4P/c14-7-1-9-18-20(17,19-10-2-8-15)13-5-3-12(11-16)4-6-13/h3-6,11H,1-2,9-10H2. The average Bonchev–Trinajstić information content (AvgIpc) is 2.48. The van der Waals surface area contributed by atoms with Crippen molar-refractivity contribution in [2.24, 2.45) is 0 Å². The van der Waals surface area contributed by atoms with Crippen LogP contribution in [0.1, 0.15) is 23.2 Å². The Morgan fingerprint density at radius 3 is 1.95 bits per heavy atom. The Bertz CT molecular complexity index is 548. The molecular weight excluding hydrogens is 279 g/mol. The maximum atomic E-state index is 12.6. The molecule has 7 heteroatoms. The van der Waals surface area contributed by atoms with Gasteiger partial charge in [0.15, 0.2) is 0 Å². The van der Waals surface area contributed by atoms with E-state index in [1.807, 2.05) is 12.1 Å². The van der Waals surface area contributed by atoms with Crippen molar-refractivity contribution in [3.8, 4) is 12.1 Å². The lowest BCUT2D eigenvalue weighted by molar-refractivity contribution is 0.112. The zero-order chi connectivity index (χ0) is 14.8. The van der Waals surface area contributed by atoms with Crippen LogP contribution < -0.4 is 5.30 Å². The fourth-order valence-corrected chi connectivity index (χ4v) is 2.89. The summed E-state index contributed by atoms with van der Waals surface area (Å²) >= 11 is 0.